The lowest BCUT2D eigenvalue weighted by Crippen LogP contribution is -2.59. The van der Waals surface area contributed by atoms with E-state index in [1.807, 2.05) is 0 Å². The number of aryl methyl sites for hydroxylation is 1. The van der Waals surface area contributed by atoms with E-state index in [1.165, 1.54) is 0 Å². The number of nitrogens with zero attached hydrogens (tertiary/aromatic N) is 3. The van der Waals surface area contributed by atoms with Crippen molar-refractivity contribution in [2.75, 3.05) is 12.5 Å². The molecule has 0 aromatic carbocycles. The van der Waals surface area contributed by atoms with E-state index in [2.05, 4.69) is 78.0 Å². The number of nitrogens with two attached hydrogens (primary N) is 1. The molecule has 218 valence electrons. The fourth-order valence-electron chi connectivity index (χ4n) is 4.00. The molecule has 0 saturated carbocycles. The summed E-state index contributed by atoms with van der Waals surface area (Å²) in [5.74, 6) is 0.507. The number of alkyl halides is 1. The Morgan fingerprint density at radius 3 is 2.24 bits per heavy atom. The fraction of sp³-hybridized carbons (Fsp3) is 0.833. The Kier molecular flexibility index (Phi) is 8.80. The zero-order chi connectivity index (χ0) is 28.9. The molecule has 38 heavy (non-hydrogen) atoms. The monoisotopic (exact) mass is 608 g/mol. The molecule has 3 rings (SSSR count). The van der Waals surface area contributed by atoms with E-state index >= 15 is 0 Å². The van der Waals surface area contributed by atoms with Crippen LogP contribution in [0.25, 0.3) is 0 Å². The number of hydrogen-bond donors (Lipinski definition) is 1. The van der Waals surface area contributed by atoms with E-state index in [9.17, 15) is 8.42 Å². The summed E-state index contributed by atoms with van der Waals surface area (Å²) in [6.45, 7) is 21.3. The minimum atomic E-state index is -4.07. The maximum Gasteiger partial charge on any atom is 0.292 e. The van der Waals surface area contributed by atoms with Gasteiger partial charge in [0.25, 0.3) is 10.1 Å². The summed E-state index contributed by atoms with van der Waals surface area (Å²) in [4.78, 5) is 0. The summed E-state index contributed by atoms with van der Waals surface area (Å²) >= 11 is 5.87. The van der Waals surface area contributed by atoms with Crippen LogP contribution in [0, 0.1) is 0 Å². The Hall–Kier alpha value is -0.806. The lowest BCUT2D eigenvalue weighted by Gasteiger charge is -2.43. The molecule has 14 heteroatoms. The summed E-state index contributed by atoms with van der Waals surface area (Å²) in [6.07, 6.45) is 0.579. The number of rotatable bonds is 9. The molecular weight excluding hydrogens is 564 g/mol. The number of hydrogen-bond acceptors (Lipinski definition) is 9. The smallest absolute Gasteiger partial charge is 0.292 e. The van der Waals surface area contributed by atoms with Gasteiger partial charge in [0.15, 0.2) is 28.5 Å². The second kappa shape index (κ2) is 10.5. The van der Waals surface area contributed by atoms with Gasteiger partial charge in [0.05, 0.1) is 29.6 Å². The number of ether oxygens (including phenoxy) is 1. The van der Waals surface area contributed by atoms with Crippen molar-refractivity contribution in [1.82, 2.24) is 15.0 Å². The first kappa shape index (κ1) is 31.7. The van der Waals surface area contributed by atoms with Gasteiger partial charge in [-0.15, -0.1) is 16.7 Å². The Bertz CT molecular complexity index is 1150. The predicted octanol–water partition coefficient (Wildman–Crippen LogP) is 4.66. The highest BCUT2D eigenvalue weighted by molar-refractivity contribution is 7.90. The highest BCUT2D eigenvalue weighted by atomic mass is 35.5. The van der Waals surface area contributed by atoms with Crippen LogP contribution in [-0.4, -0.2) is 70.3 Å². The van der Waals surface area contributed by atoms with E-state index < -0.39 is 50.8 Å². The maximum absolute atomic E-state index is 12.8. The van der Waals surface area contributed by atoms with Crippen LogP contribution in [0.3, 0.4) is 0 Å². The molecule has 1 fully saturated rings. The third-order valence-corrected chi connectivity index (χ3v) is 18.7. The Balaban J connectivity index is 2.12. The van der Waals surface area contributed by atoms with Crippen molar-refractivity contribution in [1.29, 1.82) is 0 Å². The van der Waals surface area contributed by atoms with Crippen molar-refractivity contribution in [3.05, 3.63) is 23.0 Å². The van der Waals surface area contributed by atoms with Gasteiger partial charge in [-0.3, -0.25) is 0 Å². The zero-order valence-corrected chi connectivity index (χ0v) is 27.9. The largest absolute Gasteiger partial charge is 0.414 e. The first-order valence-corrected chi connectivity index (χ1v) is 20.9. The van der Waals surface area contributed by atoms with Crippen molar-refractivity contribution < 1.29 is 26.2 Å². The molecule has 0 bridgehead atoms. The second-order valence-electron chi connectivity index (χ2n) is 13.3. The van der Waals surface area contributed by atoms with Crippen LogP contribution in [0.15, 0.2) is 17.3 Å². The third-order valence-electron chi connectivity index (χ3n) is 8.45. The minimum absolute atomic E-state index is 0.0371. The van der Waals surface area contributed by atoms with E-state index in [-0.39, 0.29) is 22.4 Å². The lowest BCUT2D eigenvalue weighted by molar-refractivity contribution is -0.0595. The van der Waals surface area contributed by atoms with Crippen LogP contribution in [0.1, 0.15) is 59.9 Å². The van der Waals surface area contributed by atoms with E-state index in [0.29, 0.717) is 12.3 Å². The van der Waals surface area contributed by atoms with Crippen LogP contribution in [0.5, 0.6) is 0 Å². The molecule has 2 aliphatic heterocycles. The topological polar surface area (TPSA) is 128 Å². The normalized spacial score (nSPS) is 28.3. The standard InChI is InChI=1S/C24H45ClN4O6SSi2/c1-22(2,3)37(7,8)32-15-19-24(18(26)16-36(30,31)35-24)20(34-38(9,10)23(4,5)6)21(33-19)29-14-17(27-28-29)12-11-13-25/h14,16,19-21H,11-13,15,26H2,1-10H3/t19?,20-,21+,24?/m0/s1. The minimum Gasteiger partial charge on any atom is -0.414 e. The van der Waals surface area contributed by atoms with Crippen molar-refractivity contribution in [3.8, 4) is 0 Å². The van der Waals surface area contributed by atoms with Crippen LogP contribution in [-0.2, 0) is 34.3 Å². The lowest BCUT2D eigenvalue weighted by atomic mass is 9.89. The van der Waals surface area contributed by atoms with E-state index in [4.69, 9.17) is 35.1 Å². The molecule has 1 aromatic heterocycles. The third kappa shape index (κ3) is 6.09. The Morgan fingerprint density at radius 2 is 1.74 bits per heavy atom. The van der Waals surface area contributed by atoms with Gasteiger partial charge in [-0.1, -0.05) is 46.8 Å². The van der Waals surface area contributed by atoms with Gasteiger partial charge in [0, 0.05) is 5.88 Å². The summed E-state index contributed by atoms with van der Waals surface area (Å²) in [6, 6.07) is 0. The fourth-order valence-corrected chi connectivity index (χ4v) is 7.64. The molecular formula is C24H45ClN4O6SSi2. The van der Waals surface area contributed by atoms with Crippen LogP contribution >= 0.6 is 11.6 Å². The highest BCUT2D eigenvalue weighted by Crippen LogP contribution is 2.52. The van der Waals surface area contributed by atoms with Crippen LogP contribution in [0.2, 0.25) is 36.3 Å². The molecule has 0 amide bonds. The van der Waals surface area contributed by atoms with Gasteiger partial charge in [-0.05, 0) is 49.1 Å². The van der Waals surface area contributed by atoms with Crippen LogP contribution in [0.4, 0.5) is 0 Å². The summed E-state index contributed by atoms with van der Waals surface area (Å²) in [7, 11) is -8.80. The SMILES string of the molecule is CC(C)(C)[Si](C)(C)OCC1O[C@@H](n2cc(CCCCl)nn2)[C@H](O[Si](C)(C)C(C)(C)C)C12OS(=O)(=O)C=C2N. The molecule has 1 aromatic rings. The van der Waals surface area contributed by atoms with Gasteiger partial charge in [0.1, 0.15) is 12.2 Å². The maximum atomic E-state index is 12.8. The molecule has 4 atom stereocenters. The molecule has 2 unspecified atom stereocenters. The van der Waals surface area contributed by atoms with Crippen LogP contribution < -0.4 is 5.73 Å². The van der Waals surface area contributed by atoms with Gasteiger partial charge in [0.2, 0.25) is 0 Å². The van der Waals surface area contributed by atoms with Gasteiger partial charge in [-0.25, -0.2) is 8.86 Å². The van der Waals surface area contributed by atoms with Gasteiger partial charge >= 0.3 is 0 Å². The van der Waals surface area contributed by atoms with Crippen molar-refractivity contribution >= 4 is 38.4 Å². The summed E-state index contributed by atoms with van der Waals surface area (Å²) < 4.78 is 53.1. The molecule has 0 radical (unpaired) electrons. The highest BCUT2D eigenvalue weighted by Gasteiger charge is 2.67. The molecule has 0 aliphatic carbocycles. The van der Waals surface area contributed by atoms with Gasteiger partial charge < -0.3 is 19.3 Å². The van der Waals surface area contributed by atoms with Gasteiger partial charge in [-0.2, -0.15) is 8.42 Å². The van der Waals surface area contributed by atoms with Crippen molar-refractivity contribution in [2.24, 2.45) is 5.73 Å². The molecule has 3 heterocycles. The predicted molar refractivity (Wildman–Crippen MR) is 153 cm³/mol. The Morgan fingerprint density at radius 1 is 1.13 bits per heavy atom. The molecule has 2 aliphatic rings. The zero-order valence-electron chi connectivity index (χ0n) is 24.4. The molecule has 1 spiro atoms. The second-order valence-corrected chi connectivity index (χ2v) is 24.6. The molecule has 10 nitrogen and oxygen atoms in total. The van der Waals surface area contributed by atoms with E-state index in [0.717, 1.165) is 17.5 Å². The van der Waals surface area contributed by atoms with Crippen molar-refractivity contribution in [2.45, 2.75) is 115 Å². The molecule has 1 saturated heterocycles. The molecule has 2 N–H and O–H groups in total. The quantitative estimate of drug-likeness (QED) is 0.242. The summed E-state index contributed by atoms with van der Waals surface area (Å²) in [5.41, 5.74) is 5.68. The number of halogens is 1. The first-order chi connectivity index (χ1) is 17.2. The average Bonchev–Trinajstić information content (AvgIpc) is 3.39. The number of aromatic nitrogens is 3. The summed E-state index contributed by atoms with van der Waals surface area (Å²) in [5, 5.41) is 9.33. The Labute approximate surface area is 234 Å². The van der Waals surface area contributed by atoms with Crippen molar-refractivity contribution in [3.63, 3.8) is 0 Å². The van der Waals surface area contributed by atoms with E-state index in [1.54, 1.807) is 10.9 Å². The first-order valence-electron chi connectivity index (χ1n) is 13.0. The average molecular weight is 609 g/mol.